The molecule has 0 saturated heterocycles. The molecule has 0 bridgehead atoms. The second-order valence-electron chi connectivity index (χ2n) is 4.55. The van der Waals surface area contributed by atoms with Gasteiger partial charge >= 0.3 is 0 Å². The quantitative estimate of drug-likeness (QED) is 0.524. The van der Waals surface area contributed by atoms with Crippen molar-refractivity contribution in [3.63, 3.8) is 0 Å². The molecule has 0 heteroatoms. The summed E-state index contributed by atoms with van der Waals surface area (Å²) in [7, 11) is 0. The normalized spacial score (nSPS) is 17.9. The second kappa shape index (κ2) is 6.23. The van der Waals surface area contributed by atoms with Gasteiger partial charge in [0.15, 0.2) is 0 Å². The van der Waals surface area contributed by atoms with E-state index < -0.39 is 0 Å². The van der Waals surface area contributed by atoms with Crippen molar-refractivity contribution in [3.8, 4) is 0 Å². The Morgan fingerprint density at radius 1 is 1.08 bits per heavy atom. The lowest BCUT2D eigenvalue weighted by molar-refractivity contribution is 0.311. The molecule has 0 spiro atoms. The Morgan fingerprint density at radius 2 is 1.62 bits per heavy atom. The molecule has 0 nitrogen and oxygen atoms in total. The van der Waals surface area contributed by atoms with Crippen LogP contribution in [-0.2, 0) is 0 Å². The molecule has 0 aromatic rings. The van der Waals surface area contributed by atoms with Gasteiger partial charge in [0.05, 0.1) is 0 Å². The summed E-state index contributed by atoms with van der Waals surface area (Å²) in [6, 6.07) is 0. The minimum atomic E-state index is 0.740. The van der Waals surface area contributed by atoms with Gasteiger partial charge in [-0.05, 0) is 37.5 Å². The molecule has 0 aromatic heterocycles. The average molecular weight is 182 g/mol. The van der Waals surface area contributed by atoms with Crippen molar-refractivity contribution in [1.82, 2.24) is 0 Å². The first-order chi connectivity index (χ1) is 6.02. The van der Waals surface area contributed by atoms with Gasteiger partial charge in [-0.1, -0.05) is 46.3 Å². The molecule has 0 rings (SSSR count). The van der Waals surface area contributed by atoms with Crippen LogP contribution in [0, 0.1) is 17.8 Å². The summed E-state index contributed by atoms with van der Waals surface area (Å²) in [5.74, 6) is 2.43. The van der Waals surface area contributed by atoms with E-state index in [2.05, 4.69) is 41.2 Å². The maximum Gasteiger partial charge on any atom is -0.0209 e. The Labute approximate surface area is 84.4 Å². The van der Waals surface area contributed by atoms with Crippen LogP contribution in [0.25, 0.3) is 0 Å². The highest BCUT2D eigenvalue weighted by Crippen LogP contribution is 2.27. The third-order valence-electron chi connectivity index (χ3n) is 3.46. The van der Waals surface area contributed by atoms with Crippen molar-refractivity contribution in [2.45, 2.75) is 53.9 Å². The van der Waals surface area contributed by atoms with Crippen LogP contribution in [0.5, 0.6) is 0 Å². The zero-order chi connectivity index (χ0) is 10.4. The van der Waals surface area contributed by atoms with E-state index >= 15 is 0 Å². The molecule has 0 heterocycles. The Morgan fingerprint density at radius 3 is 1.92 bits per heavy atom. The van der Waals surface area contributed by atoms with Crippen molar-refractivity contribution in [2.75, 3.05) is 0 Å². The fourth-order valence-corrected chi connectivity index (χ4v) is 1.80. The van der Waals surface area contributed by atoms with Gasteiger partial charge in [0.2, 0.25) is 0 Å². The molecule has 3 unspecified atom stereocenters. The highest BCUT2D eigenvalue weighted by atomic mass is 14.2. The Hall–Kier alpha value is -0.260. The molecule has 0 radical (unpaired) electrons. The van der Waals surface area contributed by atoms with Gasteiger partial charge in [-0.2, -0.15) is 0 Å². The Kier molecular flexibility index (Phi) is 6.11. The van der Waals surface area contributed by atoms with Gasteiger partial charge in [0.1, 0.15) is 0 Å². The van der Waals surface area contributed by atoms with Crippen molar-refractivity contribution >= 4 is 0 Å². The molecule has 0 fully saturated rings. The number of allylic oxidation sites excluding steroid dienone is 1. The van der Waals surface area contributed by atoms with Crippen LogP contribution in [0.1, 0.15) is 53.9 Å². The lowest BCUT2D eigenvalue weighted by Gasteiger charge is -2.24. The highest BCUT2D eigenvalue weighted by Gasteiger charge is 2.15. The number of hydrogen-bond acceptors (Lipinski definition) is 0. The SMILES string of the molecule is C=C(C)C(CC)CC(C)C(C)CC. The molecule has 3 atom stereocenters. The standard InChI is InChI=1S/C13H26/c1-7-11(5)12(6)9-13(8-2)10(3)4/h11-13H,3,7-9H2,1-2,4-6H3. The molecule has 78 valence electrons. The zero-order valence-electron chi connectivity index (χ0n) is 10.1. The third-order valence-corrected chi connectivity index (χ3v) is 3.46. The van der Waals surface area contributed by atoms with Crippen LogP contribution in [0.15, 0.2) is 12.2 Å². The fourth-order valence-electron chi connectivity index (χ4n) is 1.80. The summed E-state index contributed by atoms with van der Waals surface area (Å²) in [5, 5.41) is 0. The predicted octanol–water partition coefficient (Wildman–Crippen LogP) is 4.66. The molecule has 0 amide bonds. The maximum atomic E-state index is 4.06. The zero-order valence-corrected chi connectivity index (χ0v) is 10.1. The van der Waals surface area contributed by atoms with Crippen LogP contribution in [-0.4, -0.2) is 0 Å². The van der Waals surface area contributed by atoms with Gasteiger partial charge in [0.25, 0.3) is 0 Å². The summed E-state index contributed by atoms with van der Waals surface area (Å²) in [6.45, 7) is 15.5. The predicted molar refractivity (Wildman–Crippen MR) is 61.8 cm³/mol. The van der Waals surface area contributed by atoms with E-state index in [-0.39, 0.29) is 0 Å². The summed E-state index contributed by atoms with van der Waals surface area (Å²) in [5.41, 5.74) is 1.36. The minimum Gasteiger partial charge on any atom is -0.0999 e. The number of hydrogen-bond donors (Lipinski definition) is 0. The van der Waals surface area contributed by atoms with Crippen LogP contribution < -0.4 is 0 Å². The summed E-state index contributed by atoms with van der Waals surface area (Å²) in [6.07, 6.45) is 3.87. The molecule has 0 aliphatic heterocycles. The molecular weight excluding hydrogens is 156 g/mol. The topological polar surface area (TPSA) is 0 Å². The molecule has 0 aliphatic rings. The van der Waals surface area contributed by atoms with Crippen molar-refractivity contribution in [2.24, 2.45) is 17.8 Å². The first kappa shape index (κ1) is 12.7. The highest BCUT2D eigenvalue weighted by molar-refractivity contribution is 4.96. The largest absolute Gasteiger partial charge is 0.0999 e. The molecule has 0 N–H and O–H groups in total. The third kappa shape index (κ3) is 4.50. The lowest BCUT2D eigenvalue weighted by atomic mass is 9.82. The smallest absolute Gasteiger partial charge is 0.0209 e. The maximum absolute atomic E-state index is 4.06. The van der Waals surface area contributed by atoms with E-state index in [0.29, 0.717) is 0 Å². The summed E-state index contributed by atoms with van der Waals surface area (Å²) >= 11 is 0. The second-order valence-corrected chi connectivity index (χ2v) is 4.55. The van der Waals surface area contributed by atoms with Gasteiger partial charge in [-0.25, -0.2) is 0 Å². The first-order valence-corrected chi connectivity index (χ1v) is 5.68. The monoisotopic (exact) mass is 182 g/mol. The molecule has 0 aromatic carbocycles. The van der Waals surface area contributed by atoms with Crippen molar-refractivity contribution < 1.29 is 0 Å². The number of rotatable bonds is 6. The van der Waals surface area contributed by atoms with E-state index in [4.69, 9.17) is 0 Å². The lowest BCUT2D eigenvalue weighted by Crippen LogP contribution is -2.13. The fraction of sp³-hybridized carbons (Fsp3) is 0.846. The van der Waals surface area contributed by atoms with Gasteiger partial charge < -0.3 is 0 Å². The van der Waals surface area contributed by atoms with Crippen LogP contribution in [0.4, 0.5) is 0 Å². The van der Waals surface area contributed by atoms with Gasteiger partial charge in [-0.15, -0.1) is 0 Å². The van der Waals surface area contributed by atoms with Crippen molar-refractivity contribution in [1.29, 1.82) is 0 Å². The van der Waals surface area contributed by atoms with E-state index in [1.807, 2.05) is 0 Å². The van der Waals surface area contributed by atoms with Crippen LogP contribution in [0.2, 0.25) is 0 Å². The molecular formula is C13H26. The van der Waals surface area contributed by atoms with Crippen molar-refractivity contribution in [3.05, 3.63) is 12.2 Å². The van der Waals surface area contributed by atoms with Gasteiger partial charge in [-0.3, -0.25) is 0 Å². The summed E-state index contributed by atoms with van der Waals surface area (Å²) in [4.78, 5) is 0. The first-order valence-electron chi connectivity index (χ1n) is 5.68. The van der Waals surface area contributed by atoms with Crippen LogP contribution >= 0.6 is 0 Å². The summed E-state index contributed by atoms with van der Waals surface area (Å²) < 4.78 is 0. The van der Waals surface area contributed by atoms with E-state index in [1.165, 1.54) is 24.8 Å². The Bertz CT molecular complexity index is 146. The Balaban J connectivity index is 4.00. The van der Waals surface area contributed by atoms with Gasteiger partial charge in [0, 0.05) is 0 Å². The van der Waals surface area contributed by atoms with E-state index in [0.717, 1.165) is 17.8 Å². The minimum absolute atomic E-state index is 0.740. The average Bonchev–Trinajstić information content (AvgIpc) is 2.11. The van der Waals surface area contributed by atoms with Crippen LogP contribution in [0.3, 0.4) is 0 Å². The molecule has 0 aliphatic carbocycles. The molecule has 13 heavy (non-hydrogen) atoms. The van der Waals surface area contributed by atoms with E-state index in [9.17, 15) is 0 Å². The van der Waals surface area contributed by atoms with E-state index in [1.54, 1.807) is 0 Å². The molecule has 0 saturated carbocycles.